The van der Waals surface area contributed by atoms with Gasteiger partial charge in [0, 0.05) is 42.3 Å². The van der Waals surface area contributed by atoms with Gasteiger partial charge in [-0.1, -0.05) is 6.92 Å². The molecule has 43 heteroatoms. The number of hydrogen-bond donors (Lipinski definition) is 21. The molecule has 0 aromatic rings. The molecule has 0 saturated carbocycles. The Morgan fingerprint density at radius 2 is 0.563 bits per heavy atom. The van der Waals surface area contributed by atoms with Crippen LogP contribution in [0.3, 0.4) is 0 Å². The first kappa shape index (κ1) is 86.2. The van der Waals surface area contributed by atoms with Crippen molar-refractivity contribution in [2.24, 2.45) is 11.8 Å². The Bertz CT molecular complexity index is 2610. The van der Waals surface area contributed by atoms with Crippen molar-refractivity contribution < 1.29 is 202 Å². The van der Waals surface area contributed by atoms with Crippen LogP contribution in [0.15, 0.2) is 0 Å². The van der Waals surface area contributed by atoms with E-state index in [1.165, 1.54) is 6.92 Å². The highest BCUT2D eigenvalue weighted by atomic mass is 32.2. The summed E-state index contributed by atoms with van der Waals surface area (Å²) in [6.45, 7) is -2.28. The molecule has 0 radical (unpaired) electrons. The van der Waals surface area contributed by atoms with Crippen LogP contribution in [0, 0.1) is 11.8 Å². The van der Waals surface area contributed by atoms with Crippen molar-refractivity contribution in [1.29, 1.82) is 0 Å². The Kier molecular flexibility index (Phi) is 33.5. The molecule has 16 unspecified atom stereocenters. The number of aliphatic hydroxyl groups excluding tert-OH is 19. The van der Waals surface area contributed by atoms with Crippen LogP contribution < -0.4 is 0 Å². The summed E-state index contributed by atoms with van der Waals surface area (Å²) in [7, 11) is 0. The molecular weight excluding hydrogens is 1440 g/mol. The summed E-state index contributed by atoms with van der Waals surface area (Å²) >= 11 is 1.73. The number of aliphatic carboxylic acids is 2. The molecule has 0 aromatic carbocycles. The highest BCUT2D eigenvalue weighted by Gasteiger charge is 2.60. The van der Waals surface area contributed by atoms with Crippen LogP contribution >= 0.6 is 23.5 Å². The van der Waals surface area contributed by atoms with Crippen LogP contribution in [0.1, 0.15) is 39.5 Å². The van der Waals surface area contributed by atoms with Gasteiger partial charge in [-0.2, -0.15) is 23.5 Å². The number of carbonyl (C=O) groups is 4. The van der Waals surface area contributed by atoms with Gasteiger partial charge in [0.1, 0.15) is 170 Å². The Balaban J connectivity index is 1.08. The zero-order valence-electron chi connectivity index (χ0n) is 55.8. The van der Waals surface area contributed by atoms with E-state index in [-0.39, 0.29) is 68.7 Å². The quantitative estimate of drug-likeness (QED) is 0.0340. The molecule has 103 heavy (non-hydrogen) atoms. The maximum absolute atomic E-state index is 13.0. The van der Waals surface area contributed by atoms with Crippen molar-refractivity contribution in [1.82, 2.24) is 0 Å². The maximum atomic E-state index is 13.0. The van der Waals surface area contributed by atoms with Gasteiger partial charge < -0.3 is 183 Å². The number of Topliss-reactive ketones (excluding diaryl/α,β-unsaturated/α-hetero) is 2. The Labute approximate surface area is 596 Å². The molecule has 21 heterocycles. The van der Waals surface area contributed by atoms with Crippen LogP contribution in [0.25, 0.3) is 0 Å². The van der Waals surface area contributed by atoms with E-state index in [1.807, 2.05) is 0 Å². The fourth-order valence-corrected chi connectivity index (χ4v) is 15.2. The summed E-state index contributed by atoms with van der Waals surface area (Å²) in [4.78, 5) is 48.8. The molecule has 0 aromatic heterocycles. The van der Waals surface area contributed by atoms with Crippen molar-refractivity contribution >= 4 is 47.0 Å². The van der Waals surface area contributed by atoms with E-state index in [9.17, 15) is 126 Å². The van der Waals surface area contributed by atoms with Crippen molar-refractivity contribution in [3.05, 3.63) is 0 Å². The smallest absolute Gasteiger partial charge is 0.307 e. The monoisotopic (exact) mass is 1540 g/mol. The first-order chi connectivity index (χ1) is 49.0. The van der Waals surface area contributed by atoms with Crippen molar-refractivity contribution in [3.63, 3.8) is 0 Å². The van der Waals surface area contributed by atoms with E-state index in [0.29, 0.717) is 0 Å². The van der Waals surface area contributed by atoms with Gasteiger partial charge in [0.15, 0.2) is 44.0 Å². The van der Waals surface area contributed by atoms with Gasteiger partial charge in [-0.3, -0.25) is 19.2 Å². The second-order valence-corrected chi connectivity index (χ2v) is 28.2. The third-order valence-corrected chi connectivity index (χ3v) is 21.2. The molecule has 21 saturated heterocycles. The number of aliphatic hydroxyl groups is 19. The number of carbonyl (C=O) groups excluding carboxylic acids is 2. The van der Waals surface area contributed by atoms with Crippen LogP contribution in [0.5, 0.6) is 0 Å². The SMILES string of the molecule is CCC(CSCC1O[C@@H]2O[C@@H]3C(CO)O[C@H](O[C@@H]4C(CO)O[C@H](O[C@@H]5C(CO)O[C@H](O[C@@H]6C(CSCC(CC(=O)CCOCCOCCC(C)=O)C(=O)O)O[C@H](O[C@@H]7C(CO)O[C@@H](O[C@@H]8C(CO)O[C@H](O[C@H]1[C@H](O)C2O)C(O)[C@H]8O)C(O)[C@H]7O)C(O)[C@H]6O)C(O)[C@H]5O)C(O)[C@H]4O)C(O)[C@H]3O)C(=O)O. The molecule has 21 aliphatic rings. The highest BCUT2D eigenvalue weighted by Crippen LogP contribution is 2.40. The molecule has 21 rings (SSSR count). The van der Waals surface area contributed by atoms with Crippen LogP contribution in [0.4, 0.5) is 0 Å². The molecule has 0 spiro atoms. The van der Waals surface area contributed by atoms with Gasteiger partial charge in [-0.25, -0.2) is 0 Å². The normalized spacial score (nSPS) is 44.9. The summed E-state index contributed by atoms with van der Waals surface area (Å²) in [6, 6.07) is 0. The topological polar surface area (TPSA) is 641 Å². The summed E-state index contributed by atoms with van der Waals surface area (Å²) in [5, 5.41) is 237. The number of rotatable bonds is 27. The third kappa shape index (κ3) is 21.0. The Hall–Kier alpha value is -2.42. The lowest BCUT2D eigenvalue weighted by Gasteiger charge is -2.50. The number of carboxylic acid groups (broad SMARTS) is 2. The Morgan fingerprint density at radius 3 is 0.796 bits per heavy atom. The van der Waals surface area contributed by atoms with Crippen molar-refractivity contribution in [3.8, 4) is 0 Å². The summed E-state index contributed by atoms with van der Waals surface area (Å²) in [6.07, 6.45) is -72.7. The van der Waals surface area contributed by atoms with E-state index in [1.54, 1.807) is 6.92 Å². The third-order valence-electron chi connectivity index (χ3n) is 18.8. The van der Waals surface area contributed by atoms with Gasteiger partial charge in [0.25, 0.3) is 0 Å². The lowest BCUT2D eigenvalue weighted by atomic mass is 9.95. The molecular formula is C60H98O41S2. The van der Waals surface area contributed by atoms with Gasteiger partial charge in [-0.05, 0) is 13.3 Å². The average Bonchev–Trinajstić information content (AvgIpc) is 0.785. The average molecular weight is 1540 g/mol. The standard InChI is InChI=1S/C60H98O41S2/c1-3-21(52(82)83)16-102-18-29-50-36(73)43(80)59(93-29)98-48-27(14-64)89-55(39(76)32(48)69)95-45-24(11-61)88-54(38(75)31(45)68)96-46-26(13-63)92-58(42(79)35(46)72)101-51-30(19-103-17-22(53(84)85)10-23(67)5-7-87-9-8-86-6-4-20(2)66)94-60(44(81)37(51)74)99-49-28(15-65)90-56(40(77)33(49)70)97-47-25(12-62)91-57(100-50)41(78)34(47)71/h21-22,24-51,54-65,68-81H,3-19H2,1-2H3,(H,82,83)(H,84,85)/t21?,22?,24?,25?,26?,27?,28?,29?,30?,31-,32-,33-,34-,35-,36-,37-,38?,39?,40?,41?,42?,43?,44?,45-,46-,47-,48-,49-,50-,51-,54-,55-,56+,57-,58-,59-,60-/m1/s1. The van der Waals surface area contributed by atoms with Gasteiger partial charge in [0.05, 0.1) is 83.5 Å². The summed E-state index contributed by atoms with van der Waals surface area (Å²) in [5.74, 6) is -6.75. The minimum Gasteiger partial charge on any atom is -0.481 e. The molecule has 21 fully saturated rings. The van der Waals surface area contributed by atoms with E-state index in [2.05, 4.69) is 0 Å². The van der Waals surface area contributed by atoms with E-state index in [0.717, 1.165) is 23.5 Å². The lowest BCUT2D eigenvalue weighted by Crippen LogP contribution is -2.68. The minimum atomic E-state index is -2.31. The van der Waals surface area contributed by atoms with Gasteiger partial charge in [-0.15, -0.1) is 0 Å². The zero-order valence-corrected chi connectivity index (χ0v) is 57.4. The lowest BCUT2D eigenvalue weighted by molar-refractivity contribution is -0.395. The highest BCUT2D eigenvalue weighted by molar-refractivity contribution is 7.99. The predicted molar refractivity (Wildman–Crippen MR) is 333 cm³/mol. The summed E-state index contributed by atoms with van der Waals surface area (Å²) < 4.78 is 93.4. The first-order valence-electron chi connectivity index (χ1n) is 33.5. The van der Waals surface area contributed by atoms with E-state index >= 15 is 0 Å². The maximum Gasteiger partial charge on any atom is 0.307 e. The van der Waals surface area contributed by atoms with Crippen molar-refractivity contribution in [2.45, 2.75) is 254 Å². The molecule has 21 aliphatic heterocycles. The van der Waals surface area contributed by atoms with Crippen molar-refractivity contribution in [2.75, 3.05) is 82.5 Å². The number of ether oxygens (including phenoxy) is 16. The van der Waals surface area contributed by atoms with E-state index in [4.69, 9.17) is 75.8 Å². The molecule has 0 aliphatic carbocycles. The van der Waals surface area contributed by atoms with Gasteiger partial charge in [0.2, 0.25) is 0 Å². The minimum absolute atomic E-state index is 0.0656. The number of carboxylic acids is 2. The Morgan fingerprint density at radius 1 is 0.330 bits per heavy atom. The molecule has 21 N–H and O–H groups in total. The second kappa shape index (κ2) is 40.0. The number of thioether (sulfide) groups is 2. The number of ketones is 2. The second-order valence-electron chi connectivity index (χ2n) is 26.0. The molecule has 41 nitrogen and oxygen atoms in total. The first-order valence-corrected chi connectivity index (χ1v) is 35.8. The van der Waals surface area contributed by atoms with Crippen LogP contribution in [-0.4, -0.2) is 428 Å². The largest absolute Gasteiger partial charge is 0.481 e. The molecule has 14 bridgehead atoms. The zero-order chi connectivity index (χ0) is 75.4. The van der Waals surface area contributed by atoms with E-state index < -0.39 is 290 Å². The predicted octanol–water partition coefficient (Wildman–Crippen LogP) is -11.6. The summed E-state index contributed by atoms with van der Waals surface area (Å²) in [5.41, 5.74) is 0. The van der Waals surface area contributed by atoms with Crippen LogP contribution in [0.2, 0.25) is 0 Å². The number of hydrogen-bond acceptors (Lipinski definition) is 41. The fourth-order valence-electron chi connectivity index (χ4n) is 12.7. The molecule has 596 valence electrons. The molecule has 37 atom stereocenters. The van der Waals surface area contributed by atoms with Crippen LogP contribution in [-0.2, 0) is 95.0 Å². The molecule has 0 amide bonds. The fraction of sp³-hybridized carbons (Fsp3) is 0.933. The van der Waals surface area contributed by atoms with Gasteiger partial charge >= 0.3 is 11.9 Å².